The fourth-order valence-corrected chi connectivity index (χ4v) is 12.4. The Balaban J connectivity index is 1.29. The summed E-state index contributed by atoms with van der Waals surface area (Å²) in [5.74, 6) is -3.37. The van der Waals surface area contributed by atoms with Crippen LogP contribution in [0.2, 0.25) is 0 Å². The van der Waals surface area contributed by atoms with Crippen LogP contribution in [-0.2, 0) is 69.5 Å². The summed E-state index contributed by atoms with van der Waals surface area (Å²) < 4.78 is 53.6. The molecule has 14 atom stereocenters. The van der Waals surface area contributed by atoms with Gasteiger partial charge in [-0.3, -0.25) is 18.9 Å². The molecule has 2 saturated heterocycles. The van der Waals surface area contributed by atoms with Crippen molar-refractivity contribution in [1.82, 2.24) is 10.4 Å². The summed E-state index contributed by atoms with van der Waals surface area (Å²) in [6, 6.07) is 13.9. The average molecular weight is 1370 g/mol. The number of rotatable bonds is 54. The summed E-state index contributed by atoms with van der Waals surface area (Å²) in [5, 5.41) is 81.0. The van der Waals surface area contributed by atoms with E-state index < -0.39 is 131 Å². The summed E-state index contributed by atoms with van der Waals surface area (Å²) >= 11 is 0. The number of aliphatic carboxylic acids is 1. The Morgan fingerprint density at radius 3 is 1.53 bits per heavy atom. The van der Waals surface area contributed by atoms with Crippen LogP contribution in [0.5, 0.6) is 0 Å². The smallest absolute Gasteiger partial charge is 0.403 e. The molecule has 0 radical (unpaired) electrons. The molecule has 10 N–H and O–H groups in total. The van der Waals surface area contributed by atoms with Gasteiger partial charge in [0.1, 0.15) is 67.5 Å². The van der Waals surface area contributed by atoms with Gasteiger partial charge in [-0.1, -0.05) is 220 Å². The number of allylic oxidation sites excluding steroid dienone is 6. The lowest BCUT2D eigenvalue weighted by molar-refractivity contribution is -0.360. The maximum absolute atomic E-state index is 13.7. The van der Waals surface area contributed by atoms with Gasteiger partial charge in [-0.25, -0.2) is 14.4 Å². The second kappa shape index (κ2) is 50.6. The van der Waals surface area contributed by atoms with Crippen molar-refractivity contribution in [1.29, 1.82) is 0 Å². The third kappa shape index (κ3) is 35.3. The molecule has 0 saturated carbocycles. The number of hydrogen-bond donors (Lipinski definition) is 10. The number of nitrogens with one attached hydrogen (secondary N) is 2. The molecule has 2 aliphatic rings. The largest absolute Gasteiger partial charge is 0.480 e. The molecule has 2 aliphatic heterocycles. The SMILES string of the molecule is CCCCC/C=C\C/C=C\CCCCCCCC(=O)OC(COC(=O)CCCCCCCCCCC/C=C\CCCCCCCC)CO[C@@H]1O[C@@H](CO)[C@H](O[C@@H]2O[C@@H](COP(=O)(O)NC(Cc3ccccc3)C(=O)NC(Cc3ccccc3)C(=O)O)[C@H](O)[C@H](O)[C@@H]2O)[C@H](O)[C@@H]1O. The molecule has 1 amide bonds. The first kappa shape index (κ1) is 83.7. The van der Waals surface area contributed by atoms with Gasteiger partial charge in [0.15, 0.2) is 18.7 Å². The minimum Gasteiger partial charge on any atom is -0.480 e. The first-order chi connectivity index (χ1) is 46.5. The van der Waals surface area contributed by atoms with Crippen molar-refractivity contribution in [3.05, 3.63) is 108 Å². The van der Waals surface area contributed by atoms with Crippen LogP contribution in [0, 0.1) is 0 Å². The topological polar surface area (TPSA) is 336 Å². The van der Waals surface area contributed by atoms with Crippen molar-refractivity contribution in [2.45, 2.75) is 299 Å². The number of esters is 2. The fraction of sp³-hybridized carbons (Fsp3) is 0.699. The second-order valence-corrected chi connectivity index (χ2v) is 27.0. The van der Waals surface area contributed by atoms with Gasteiger partial charge in [0, 0.05) is 19.3 Å². The fourth-order valence-electron chi connectivity index (χ4n) is 11.4. The molecule has 544 valence electrons. The maximum Gasteiger partial charge on any atom is 0.403 e. The molecule has 2 aromatic rings. The van der Waals surface area contributed by atoms with E-state index >= 15 is 0 Å². The van der Waals surface area contributed by atoms with Crippen LogP contribution < -0.4 is 10.4 Å². The Morgan fingerprint density at radius 1 is 0.542 bits per heavy atom. The van der Waals surface area contributed by atoms with Gasteiger partial charge in [-0.2, -0.15) is 0 Å². The summed E-state index contributed by atoms with van der Waals surface area (Å²) in [4.78, 5) is 63.4. The molecule has 4 rings (SSSR count). The van der Waals surface area contributed by atoms with E-state index in [1.807, 2.05) is 0 Å². The third-order valence-corrected chi connectivity index (χ3v) is 18.3. The molecular formula is C73H117N2O20P. The molecule has 0 aliphatic carbocycles. The molecule has 0 aromatic heterocycles. The van der Waals surface area contributed by atoms with Gasteiger partial charge in [0.25, 0.3) is 0 Å². The lowest BCUT2D eigenvalue weighted by atomic mass is 9.97. The van der Waals surface area contributed by atoms with E-state index in [4.69, 9.17) is 32.9 Å². The number of carboxylic acid groups (broad SMARTS) is 1. The lowest BCUT2D eigenvalue weighted by Gasteiger charge is -2.46. The van der Waals surface area contributed by atoms with Crippen LogP contribution in [0.4, 0.5) is 0 Å². The number of amides is 1. The van der Waals surface area contributed by atoms with Gasteiger partial charge >= 0.3 is 25.7 Å². The molecule has 0 bridgehead atoms. The van der Waals surface area contributed by atoms with Crippen molar-refractivity contribution in [3.63, 3.8) is 0 Å². The normalized spacial score (nSPS) is 23.1. The zero-order chi connectivity index (χ0) is 69.6. The summed E-state index contributed by atoms with van der Waals surface area (Å²) in [6.45, 7) is 1.71. The van der Waals surface area contributed by atoms with Gasteiger partial charge in [-0.15, -0.1) is 0 Å². The number of aliphatic hydroxyl groups excluding tert-OH is 6. The van der Waals surface area contributed by atoms with Gasteiger partial charge in [-0.05, 0) is 88.2 Å². The zero-order valence-electron chi connectivity index (χ0n) is 57.1. The number of hydrogen-bond acceptors (Lipinski definition) is 18. The molecule has 2 aromatic carbocycles. The number of carboxylic acids is 1. The van der Waals surface area contributed by atoms with E-state index in [9.17, 15) is 64.4 Å². The highest BCUT2D eigenvalue weighted by atomic mass is 31.2. The molecule has 4 unspecified atom stereocenters. The highest BCUT2D eigenvalue weighted by Gasteiger charge is 2.51. The predicted octanol–water partition coefficient (Wildman–Crippen LogP) is 10.6. The van der Waals surface area contributed by atoms with Crippen molar-refractivity contribution in [2.24, 2.45) is 0 Å². The standard InChI is InChI=1S/C73H117N2O20P/c1-3-5-7-9-11-13-15-17-19-20-21-22-24-25-27-29-31-33-41-47-62(77)89-52-57(92-63(78)48-42-34-32-30-28-26-23-18-16-14-12-10-8-6-4-2)53-90-72-68(83)66(81)69(60(51-76)93-72)95-73-67(82)65(80)64(79)61(94-73)54-91-96(87,88)75-58(49-55-43-37-35-38-44-55)70(84)74-59(71(85)86)50-56-45-39-36-40-46-56/h12,14,17-19,23,35-40,43-46,57-61,64-69,72-73,76,79-83H,3-11,13,15-16,20-22,24-34,41-42,47-54H2,1-2H3,(H,74,84)(H,85,86)(H2,75,87,88)/b14-12-,19-17-,23-18-/t57?,58?,59?,60-,61-,64-,65-,66+,67-,68-,69-,72+,73-/m0/s1. The van der Waals surface area contributed by atoms with Crippen LogP contribution in [0.25, 0.3) is 0 Å². The van der Waals surface area contributed by atoms with Crippen LogP contribution in [0.15, 0.2) is 97.1 Å². The minimum absolute atomic E-state index is 0.0862. The van der Waals surface area contributed by atoms with Crippen molar-refractivity contribution in [2.75, 3.05) is 26.4 Å². The van der Waals surface area contributed by atoms with Crippen molar-refractivity contribution in [3.8, 4) is 0 Å². The Kier molecular flexibility index (Phi) is 44.1. The summed E-state index contributed by atoms with van der Waals surface area (Å²) in [6.07, 6.45) is 24.4. The van der Waals surface area contributed by atoms with Gasteiger partial charge in [0.05, 0.1) is 19.8 Å². The third-order valence-electron chi connectivity index (χ3n) is 17.2. The first-order valence-corrected chi connectivity index (χ1v) is 37.3. The Labute approximate surface area is 570 Å². The number of unbranched alkanes of at least 4 members (excludes halogenated alkanes) is 23. The monoisotopic (exact) mass is 1370 g/mol. The Bertz CT molecular complexity index is 2530. The summed E-state index contributed by atoms with van der Waals surface area (Å²) in [7, 11) is -5.09. The van der Waals surface area contributed by atoms with Crippen LogP contribution >= 0.6 is 7.75 Å². The number of benzene rings is 2. The minimum atomic E-state index is -5.09. The van der Waals surface area contributed by atoms with Crippen molar-refractivity contribution < 1.29 is 97.3 Å². The highest BCUT2D eigenvalue weighted by molar-refractivity contribution is 7.50. The maximum atomic E-state index is 13.7. The lowest BCUT2D eigenvalue weighted by Crippen LogP contribution is -2.64. The number of carbonyl (C=O) groups is 4. The van der Waals surface area contributed by atoms with Crippen LogP contribution in [0.1, 0.15) is 218 Å². The number of aliphatic hydroxyl groups is 6. The number of carbonyl (C=O) groups excluding carboxylic acids is 3. The van der Waals surface area contributed by atoms with Crippen LogP contribution in [0.3, 0.4) is 0 Å². The van der Waals surface area contributed by atoms with E-state index in [1.165, 1.54) is 89.9 Å². The van der Waals surface area contributed by atoms with Gasteiger partial charge in [0.2, 0.25) is 5.91 Å². The van der Waals surface area contributed by atoms with E-state index in [-0.39, 0.29) is 32.3 Å². The van der Waals surface area contributed by atoms with Gasteiger partial charge < -0.3 is 74.4 Å². The number of ether oxygens (including phenoxy) is 6. The average Bonchev–Trinajstić information content (AvgIpc) is 0.792. The first-order valence-electron chi connectivity index (χ1n) is 35.7. The molecule has 2 fully saturated rings. The van der Waals surface area contributed by atoms with E-state index in [0.717, 1.165) is 77.0 Å². The predicted molar refractivity (Wildman–Crippen MR) is 366 cm³/mol. The van der Waals surface area contributed by atoms with Crippen LogP contribution in [-0.4, -0.2) is 170 Å². The molecule has 23 heteroatoms. The van der Waals surface area contributed by atoms with Crippen molar-refractivity contribution >= 4 is 31.6 Å². The Morgan fingerprint density at radius 2 is 1.00 bits per heavy atom. The molecule has 96 heavy (non-hydrogen) atoms. The highest BCUT2D eigenvalue weighted by Crippen LogP contribution is 2.40. The summed E-state index contributed by atoms with van der Waals surface area (Å²) in [5.41, 5.74) is 1.13. The van der Waals surface area contributed by atoms with E-state index in [1.54, 1.807) is 60.7 Å². The quantitative estimate of drug-likeness (QED) is 0.0127. The molecule has 0 spiro atoms. The van der Waals surface area contributed by atoms with E-state index in [0.29, 0.717) is 24.0 Å². The molecule has 2 heterocycles. The molecule has 22 nitrogen and oxygen atoms in total. The Hall–Kier alpha value is -4.75. The van der Waals surface area contributed by atoms with E-state index in [2.05, 4.69) is 60.7 Å². The second-order valence-electron chi connectivity index (χ2n) is 25.5. The zero-order valence-corrected chi connectivity index (χ0v) is 58.0. The molecular weight excluding hydrogens is 1260 g/mol.